The van der Waals surface area contributed by atoms with Gasteiger partial charge in [0.25, 0.3) is 10.0 Å². The lowest BCUT2D eigenvalue weighted by Gasteiger charge is -2.11. The highest BCUT2D eigenvalue weighted by atomic mass is 32.2. The molecule has 0 bridgehead atoms. The van der Waals surface area contributed by atoms with Crippen LogP contribution in [0.3, 0.4) is 0 Å². The molecule has 0 radical (unpaired) electrons. The molecule has 1 unspecified atom stereocenters. The Bertz CT molecular complexity index is 465. The molecule has 1 atom stereocenters. The van der Waals surface area contributed by atoms with Crippen molar-refractivity contribution in [1.82, 2.24) is 19.7 Å². The molecule has 1 fully saturated rings. The Labute approximate surface area is 94.1 Å². The molecule has 0 amide bonds. The van der Waals surface area contributed by atoms with Crippen LogP contribution in [0.25, 0.3) is 0 Å². The number of hydrogen-bond acceptors (Lipinski definition) is 5. The van der Waals surface area contributed by atoms with Gasteiger partial charge in [0.15, 0.2) is 5.03 Å². The minimum absolute atomic E-state index is 0.0514. The van der Waals surface area contributed by atoms with Crippen molar-refractivity contribution in [2.75, 3.05) is 6.54 Å². The second-order valence-electron chi connectivity index (χ2n) is 4.05. The van der Waals surface area contributed by atoms with Gasteiger partial charge in [-0.25, -0.2) is 17.8 Å². The molecule has 1 saturated carbocycles. The molecule has 0 aromatic carbocycles. The molecule has 0 spiro atoms. The zero-order chi connectivity index (χ0) is 11.8. The van der Waals surface area contributed by atoms with Gasteiger partial charge in [-0.1, -0.05) is 5.21 Å². The second kappa shape index (κ2) is 4.11. The summed E-state index contributed by atoms with van der Waals surface area (Å²) in [6.07, 6.45) is 3.40. The summed E-state index contributed by atoms with van der Waals surface area (Å²) in [4.78, 5) is 0. The van der Waals surface area contributed by atoms with E-state index in [4.69, 9.17) is 5.73 Å². The molecule has 8 heteroatoms. The molecule has 1 aromatic rings. The van der Waals surface area contributed by atoms with Gasteiger partial charge in [-0.2, -0.15) is 0 Å². The van der Waals surface area contributed by atoms with Gasteiger partial charge in [-0.15, -0.1) is 5.10 Å². The average Bonchev–Trinajstić information content (AvgIpc) is 2.98. The van der Waals surface area contributed by atoms with Crippen molar-refractivity contribution >= 4 is 10.0 Å². The molecule has 16 heavy (non-hydrogen) atoms. The quantitative estimate of drug-likeness (QED) is 0.680. The van der Waals surface area contributed by atoms with Crippen LogP contribution < -0.4 is 10.5 Å². The summed E-state index contributed by atoms with van der Waals surface area (Å²) in [6.45, 7) is 0.262. The first kappa shape index (κ1) is 11.5. The van der Waals surface area contributed by atoms with E-state index in [-0.39, 0.29) is 17.6 Å². The largest absolute Gasteiger partial charge is 0.326 e. The van der Waals surface area contributed by atoms with Crippen LogP contribution in [0.4, 0.5) is 0 Å². The Kier molecular flexibility index (Phi) is 2.96. The maximum atomic E-state index is 11.8. The Balaban J connectivity index is 2.00. The van der Waals surface area contributed by atoms with Gasteiger partial charge in [-0.3, -0.25) is 0 Å². The van der Waals surface area contributed by atoms with E-state index in [1.807, 2.05) is 0 Å². The summed E-state index contributed by atoms with van der Waals surface area (Å²) in [5.74, 6) is 0.465. The number of aromatic nitrogens is 3. The van der Waals surface area contributed by atoms with Crippen molar-refractivity contribution in [3.05, 3.63) is 6.20 Å². The molecule has 1 heterocycles. The third-order valence-electron chi connectivity index (χ3n) is 2.68. The molecular formula is C8H15N5O2S. The average molecular weight is 245 g/mol. The Morgan fingerprint density at radius 2 is 2.38 bits per heavy atom. The zero-order valence-electron chi connectivity index (χ0n) is 9.00. The first-order valence-corrected chi connectivity index (χ1v) is 6.59. The Morgan fingerprint density at radius 1 is 1.69 bits per heavy atom. The number of rotatable bonds is 5. The van der Waals surface area contributed by atoms with Crippen molar-refractivity contribution < 1.29 is 8.42 Å². The smallest absolute Gasteiger partial charge is 0.259 e. The van der Waals surface area contributed by atoms with Gasteiger partial charge in [0, 0.05) is 19.6 Å². The Morgan fingerprint density at radius 3 is 2.88 bits per heavy atom. The van der Waals surface area contributed by atoms with Gasteiger partial charge in [0.05, 0.1) is 6.20 Å². The standard InChI is InChI=1S/C8H15N5O2S/c1-13-8(5-10-12-13)16(14,15)11-4-7(9)6-2-3-6/h5-7,11H,2-4,9H2,1H3. The molecule has 90 valence electrons. The minimum Gasteiger partial charge on any atom is -0.326 e. The molecule has 7 nitrogen and oxygen atoms in total. The third-order valence-corrected chi connectivity index (χ3v) is 4.15. The fraction of sp³-hybridized carbons (Fsp3) is 0.750. The summed E-state index contributed by atoms with van der Waals surface area (Å²) >= 11 is 0. The van der Waals surface area contributed by atoms with Gasteiger partial charge in [0.1, 0.15) is 0 Å². The zero-order valence-corrected chi connectivity index (χ0v) is 9.81. The van der Waals surface area contributed by atoms with Crippen molar-refractivity contribution in [2.45, 2.75) is 23.9 Å². The first-order chi connectivity index (χ1) is 7.50. The maximum Gasteiger partial charge on any atom is 0.259 e. The Hall–Kier alpha value is -0.990. The highest BCUT2D eigenvalue weighted by molar-refractivity contribution is 7.89. The SMILES string of the molecule is Cn1nncc1S(=O)(=O)NCC(N)C1CC1. The molecule has 2 rings (SSSR count). The molecule has 0 saturated heterocycles. The molecular weight excluding hydrogens is 230 g/mol. The number of sulfonamides is 1. The van der Waals surface area contributed by atoms with E-state index in [1.54, 1.807) is 0 Å². The minimum atomic E-state index is -3.54. The fourth-order valence-electron chi connectivity index (χ4n) is 1.49. The number of nitrogens with one attached hydrogen (secondary N) is 1. The van der Waals surface area contributed by atoms with E-state index >= 15 is 0 Å². The van der Waals surface area contributed by atoms with Crippen LogP contribution >= 0.6 is 0 Å². The van der Waals surface area contributed by atoms with Crippen molar-refractivity contribution in [2.24, 2.45) is 18.7 Å². The van der Waals surface area contributed by atoms with Gasteiger partial charge in [-0.05, 0) is 18.8 Å². The van der Waals surface area contributed by atoms with Crippen LogP contribution in [-0.4, -0.2) is 36.0 Å². The molecule has 0 aliphatic heterocycles. The van der Waals surface area contributed by atoms with E-state index in [1.165, 1.54) is 17.9 Å². The van der Waals surface area contributed by atoms with E-state index in [0.717, 1.165) is 12.8 Å². The summed E-state index contributed by atoms with van der Waals surface area (Å²) in [5, 5.41) is 7.15. The number of hydrogen-bond donors (Lipinski definition) is 2. The lowest BCUT2D eigenvalue weighted by Crippen LogP contribution is -2.39. The highest BCUT2D eigenvalue weighted by Crippen LogP contribution is 2.31. The molecule has 3 N–H and O–H groups in total. The normalized spacial score (nSPS) is 18.6. The van der Waals surface area contributed by atoms with Crippen molar-refractivity contribution in [3.63, 3.8) is 0 Å². The second-order valence-corrected chi connectivity index (χ2v) is 5.76. The first-order valence-electron chi connectivity index (χ1n) is 5.10. The van der Waals surface area contributed by atoms with Gasteiger partial charge >= 0.3 is 0 Å². The lowest BCUT2D eigenvalue weighted by molar-refractivity contribution is 0.536. The number of nitrogens with two attached hydrogens (primary N) is 1. The number of aryl methyl sites for hydroxylation is 1. The van der Waals surface area contributed by atoms with Gasteiger partial charge in [0.2, 0.25) is 0 Å². The van der Waals surface area contributed by atoms with Crippen LogP contribution in [0.5, 0.6) is 0 Å². The molecule has 1 aromatic heterocycles. The van der Waals surface area contributed by atoms with Crippen molar-refractivity contribution in [3.8, 4) is 0 Å². The third kappa shape index (κ3) is 2.39. The predicted molar refractivity (Wildman–Crippen MR) is 56.9 cm³/mol. The van der Waals surface area contributed by atoms with Crippen LogP contribution in [-0.2, 0) is 17.1 Å². The van der Waals surface area contributed by atoms with Crippen LogP contribution in [0.1, 0.15) is 12.8 Å². The van der Waals surface area contributed by atoms with Crippen LogP contribution in [0.2, 0.25) is 0 Å². The summed E-state index contributed by atoms with van der Waals surface area (Å²) in [7, 11) is -2.01. The fourth-order valence-corrected chi connectivity index (χ4v) is 2.62. The monoisotopic (exact) mass is 245 g/mol. The van der Waals surface area contributed by atoms with E-state index in [9.17, 15) is 8.42 Å². The summed E-state index contributed by atoms with van der Waals surface area (Å²) in [6, 6.07) is -0.101. The van der Waals surface area contributed by atoms with E-state index < -0.39 is 10.0 Å². The van der Waals surface area contributed by atoms with Crippen LogP contribution in [0, 0.1) is 5.92 Å². The van der Waals surface area contributed by atoms with Crippen LogP contribution in [0.15, 0.2) is 11.2 Å². The molecule has 1 aliphatic carbocycles. The van der Waals surface area contributed by atoms with E-state index in [2.05, 4.69) is 15.0 Å². The summed E-state index contributed by atoms with van der Waals surface area (Å²) < 4.78 is 27.3. The summed E-state index contributed by atoms with van der Waals surface area (Å²) in [5.41, 5.74) is 5.81. The topological polar surface area (TPSA) is 103 Å². The predicted octanol–water partition coefficient (Wildman–Crippen LogP) is -1.17. The highest BCUT2D eigenvalue weighted by Gasteiger charge is 2.29. The van der Waals surface area contributed by atoms with E-state index in [0.29, 0.717) is 5.92 Å². The molecule has 1 aliphatic rings. The van der Waals surface area contributed by atoms with Gasteiger partial charge < -0.3 is 5.73 Å². The van der Waals surface area contributed by atoms with Crippen molar-refractivity contribution in [1.29, 1.82) is 0 Å². The lowest BCUT2D eigenvalue weighted by atomic mass is 10.2. The number of nitrogens with zero attached hydrogens (tertiary/aromatic N) is 3. The maximum absolute atomic E-state index is 11.8.